The van der Waals surface area contributed by atoms with Crippen molar-refractivity contribution in [1.29, 1.82) is 0 Å². The topological polar surface area (TPSA) is 125 Å². The summed E-state index contributed by atoms with van der Waals surface area (Å²) in [6, 6.07) is 4.01. The molecule has 1 amide bonds. The Morgan fingerprint density at radius 2 is 1.90 bits per heavy atom. The first-order valence-corrected chi connectivity index (χ1v) is 11.7. The first kappa shape index (κ1) is 22.8. The third-order valence-electron chi connectivity index (χ3n) is 4.74. The van der Waals surface area contributed by atoms with Crippen LogP contribution < -0.4 is 15.4 Å². The average molecular weight is 458 g/mol. The van der Waals surface area contributed by atoms with Crippen LogP contribution >= 0.6 is 0 Å². The summed E-state index contributed by atoms with van der Waals surface area (Å²) in [6.45, 7) is 3.70. The molecule has 31 heavy (non-hydrogen) atoms. The summed E-state index contributed by atoms with van der Waals surface area (Å²) < 4.78 is 58.3. The normalized spacial score (nSPS) is 18.8. The lowest BCUT2D eigenvalue weighted by atomic mass is 10.0. The molecule has 3 rings (SSSR count). The highest BCUT2D eigenvalue weighted by molar-refractivity contribution is 7.92. The van der Waals surface area contributed by atoms with E-state index in [1.165, 1.54) is 6.07 Å². The van der Waals surface area contributed by atoms with Crippen LogP contribution in [0.3, 0.4) is 0 Å². The van der Waals surface area contributed by atoms with E-state index in [-0.39, 0.29) is 29.6 Å². The van der Waals surface area contributed by atoms with Crippen molar-refractivity contribution in [2.75, 3.05) is 16.3 Å². The van der Waals surface area contributed by atoms with Crippen LogP contribution in [0.1, 0.15) is 44.7 Å². The fraction of sp³-hybridized carbons (Fsp3) is 0.474. The number of carbonyl (C=O) groups is 1. The number of ether oxygens (including phenoxy) is 1. The van der Waals surface area contributed by atoms with E-state index in [4.69, 9.17) is 4.74 Å². The number of hydrogen-bond donors (Lipinski definition) is 4. The summed E-state index contributed by atoms with van der Waals surface area (Å²) in [7, 11) is -3.74. The summed E-state index contributed by atoms with van der Waals surface area (Å²) >= 11 is 0. The summed E-state index contributed by atoms with van der Waals surface area (Å²) in [6.07, 6.45) is 2.32. The minimum atomic E-state index is -3.74. The van der Waals surface area contributed by atoms with Gasteiger partial charge in [-0.15, -0.1) is 0 Å². The van der Waals surface area contributed by atoms with Gasteiger partial charge in [0.15, 0.2) is 17.5 Å². The molecule has 170 valence electrons. The number of anilines is 3. The van der Waals surface area contributed by atoms with Gasteiger partial charge in [0.25, 0.3) is 0 Å². The third kappa shape index (κ3) is 6.06. The van der Waals surface area contributed by atoms with Gasteiger partial charge < -0.3 is 15.4 Å². The number of amides is 1. The molecule has 9 nitrogen and oxygen atoms in total. The Bertz CT molecular complexity index is 1060. The Morgan fingerprint density at radius 1 is 1.23 bits per heavy atom. The number of halogens is 2. The van der Waals surface area contributed by atoms with Gasteiger partial charge in [-0.25, -0.2) is 22.0 Å². The smallest absolute Gasteiger partial charge is 0.407 e. The van der Waals surface area contributed by atoms with Crippen LogP contribution in [0.5, 0.6) is 0 Å². The van der Waals surface area contributed by atoms with Gasteiger partial charge in [0, 0.05) is 23.7 Å². The van der Waals surface area contributed by atoms with Crippen molar-refractivity contribution in [3.8, 4) is 0 Å². The molecule has 0 aliphatic heterocycles. The molecule has 1 saturated carbocycles. The predicted molar refractivity (Wildman–Crippen MR) is 112 cm³/mol. The van der Waals surface area contributed by atoms with E-state index in [0.717, 1.165) is 24.4 Å². The number of nitrogens with zero attached hydrogens (tertiary/aromatic N) is 1. The first-order valence-electron chi connectivity index (χ1n) is 9.77. The van der Waals surface area contributed by atoms with E-state index in [0.29, 0.717) is 12.8 Å². The zero-order valence-electron chi connectivity index (χ0n) is 17.3. The van der Waals surface area contributed by atoms with Crippen LogP contribution in [0.4, 0.5) is 30.8 Å². The summed E-state index contributed by atoms with van der Waals surface area (Å²) in [5.74, 6) is -2.19. The molecule has 1 fully saturated rings. The Morgan fingerprint density at radius 3 is 2.58 bits per heavy atom. The number of alkyl carbamates (subject to hydrolysis) is 1. The maximum Gasteiger partial charge on any atom is 0.407 e. The van der Waals surface area contributed by atoms with Crippen LogP contribution in [-0.2, 0) is 14.8 Å². The van der Waals surface area contributed by atoms with Crippen LogP contribution in [0.25, 0.3) is 0 Å². The molecule has 12 heteroatoms. The van der Waals surface area contributed by atoms with Crippen LogP contribution in [-0.4, -0.2) is 43.1 Å². The maximum absolute atomic E-state index is 14.3. The number of hydrogen-bond acceptors (Lipinski definition) is 6. The Labute approximate surface area is 179 Å². The van der Waals surface area contributed by atoms with Gasteiger partial charge in [-0.2, -0.15) is 5.10 Å². The van der Waals surface area contributed by atoms with Crippen molar-refractivity contribution in [1.82, 2.24) is 15.5 Å². The second kappa shape index (κ2) is 9.08. The number of H-pyrrole nitrogens is 1. The van der Waals surface area contributed by atoms with Gasteiger partial charge in [0.05, 0.1) is 17.6 Å². The second-order valence-corrected chi connectivity index (χ2v) is 9.58. The van der Waals surface area contributed by atoms with E-state index in [1.807, 2.05) is 18.6 Å². The molecule has 1 aromatic carbocycles. The highest BCUT2D eigenvalue weighted by Gasteiger charge is 2.30. The molecule has 0 spiro atoms. The summed E-state index contributed by atoms with van der Waals surface area (Å²) in [5, 5.41) is 12.3. The average Bonchev–Trinajstić information content (AvgIpc) is 3.29. The van der Waals surface area contributed by atoms with Crippen molar-refractivity contribution in [2.45, 2.75) is 51.2 Å². The van der Waals surface area contributed by atoms with Crippen molar-refractivity contribution in [2.24, 2.45) is 0 Å². The number of sulfonamides is 1. The fourth-order valence-electron chi connectivity index (χ4n) is 3.42. The molecule has 0 saturated heterocycles. The lowest BCUT2D eigenvalue weighted by molar-refractivity contribution is 0.0981. The van der Waals surface area contributed by atoms with E-state index < -0.39 is 33.4 Å². The van der Waals surface area contributed by atoms with E-state index in [9.17, 15) is 22.0 Å². The molecule has 0 radical (unpaired) electrons. The molecular formula is C19H25F2N5O4S. The molecule has 2 unspecified atom stereocenters. The van der Waals surface area contributed by atoms with Gasteiger partial charge in [0.2, 0.25) is 10.0 Å². The van der Waals surface area contributed by atoms with Crippen molar-refractivity contribution in [3.05, 3.63) is 35.5 Å². The highest BCUT2D eigenvalue weighted by atomic mass is 32.2. The molecule has 1 aromatic heterocycles. The van der Waals surface area contributed by atoms with Gasteiger partial charge in [-0.05, 0) is 45.2 Å². The number of benzene rings is 1. The quantitative estimate of drug-likeness (QED) is 0.504. The molecule has 2 aromatic rings. The molecule has 4 N–H and O–H groups in total. The van der Waals surface area contributed by atoms with Gasteiger partial charge in [0.1, 0.15) is 6.10 Å². The summed E-state index contributed by atoms with van der Waals surface area (Å²) in [5.41, 5.74) is 0.119. The minimum absolute atomic E-state index is 0.00704. The first-order chi connectivity index (χ1) is 14.5. The number of nitrogens with one attached hydrogen (secondary N) is 4. The predicted octanol–water partition coefficient (Wildman–Crippen LogP) is 3.57. The molecule has 2 atom stereocenters. The van der Waals surface area contributed by atoms with Gasteiger partial charge in [-0.1, -0.05) is 0 Å². The fourth-order valence-corrected chi connectivity index (χ4v) is 3.98. The summed E-state index contributed by atoms with van der Waals surface area (Å²) in [4.78, 5) is 11.8. The standard InChI is InChI=1S/C19H25F2N5O4S/c1-10(2)22-19(27)30-12-5-4-11(8-12)15-9-16(25-24-15)23-13-6-7-14(18(21)17(13)20)26-31(3,28)29/h6-7,9-12,26H,4-5,8H2,1-3H3,(H,22,27)(H2,23,24,25). The van der Waals surface area contributed by atoms with E-state index in [1.54, 1.807) is 6.07 Å². The van der Waals surface area contributed by atoms with Crippen LogP contribution in [0.15, 0.2) is 18.2 Å². The van der Waals surface area contributed by atoms with Crippen molar-refractivity contribution < 1.29 is 26.7 Å². The highest BCUT2D eigenvalue weighted by Crippen LogP contribution is 2.36. The second-order valence-electron chi connectivity index (χ2n) is 7.83. The van der Waals surface area contributed by atoms with Crippen LogP contribution in [0, 0.1) is 11.6 Å². The largest absolute Gasteiger partial charge is 0.446 e. The van der Waals surface area contributed by atoms with E-state index >= 15 is 0 Å². The minimum Gasteiger partial charge on any atom is -0.446 e. The molecule has 0 bridgehead atoms. The van der Waals surface area contributed by atoms with Gasteiger partial charge >= 0.3 is 6.09 Å². The van der Waals surface area contributed by atoms with Crippen molar-refractivity contribution in [3.63, 3.8) is 0 Å². The van der Waals surface area contributed by atoms with Gasteiger partial charge in [-0.3, -0.25) is 9.82 Å². The molecule has 1 heterocycles. The van der Waals surface area contributed by atoms with E-state index in [2.05, 4.69) is 20.8 Å². The molecular weight excluding hydrogens is 432 g/mol. The number of carbonyl (C=O) groups excluding carboxylic acids is 1. The molecule has 1 aliphatic carbocycles. The monoisotopic (exact) mass is 457 g/mol. The lowest BCUT2D eigenvalue weighted by Gasteiger charge is -2.14. The van der Waals surface area contributed by atoms with Crippen LogP contribution in [0.2, 0.25) is 0 Å². The number of aromatic nitrogens is 2. The Hall–Kier alpha value is -2.89. The number of aromatic amines is 1. The van der Waals surface area contributed by atoms with Crippen molar-refractivity contribution >= 4 is 33.3 Å². The zero-order chi connectivity index (χ0) is 22.8. The zero-order valence-corrected chi connectivity index (χ0v) is 18.1. The SMILES string of the molecule is CC(C)NC(=O)OC1CCC(c2cc(Nc3ccc(NS(C)(=O)=O)c(F)c3F)n[nH]2)C1. The molecule has 1 aliphatic rings. The Balaban J connectivity index is 1.63. The third-order valence-corrected chi connectivity index (χ3v) is 5.33. The maximum atomic E-state index is 14.3. The Kier molecular flexibility index (Phi) is 6.68. The number of rotatable bonds is 7. The lowest BCUT2D eigenvalue weighted by Crippen LogP contribution is -2.33.